The largest absolute Gasteiger partial charge is 0.355 e. The van der Waals surface area contributed by atoms with Gasteiger partial charge in [0, 0.05) is 38.3 Å². The van der Waals surface area contributed by atoms with Crippen molar-refractivity contribution in [3.8, 4) is 0 Å². The summed E-state index contributed by atoms with van der Waals surface area (Å²) in [6.45, 7) is 4.96. The van der Waals surface area contributed by atoms with E-state index in [1.165, 1.54) is 5.56 Å². The van der Waals surface area contributed by atoms with Crippen molar-refractivity contribution < 1.29 is 9.59 Å². The molecule has 25 heavy (non-hydrogen) atoms. The average Bonchev–Trinajstić information content (AvgIpc) is 2.57. The predicted octanol–water partition coefficient (Wildman–Crippen LogP) is 2.31. The number of aryl methyl sites for hydroxylation is 1. The first-order valence-corrected chi connectivity index (χ1v) is 8.98. The third-order valence-corrected chi connectivity index (χ3v) is 4.56. The smallest absolute Gasteiger partial charge is 0.321 e. The summed E-state index contributed by atoms with van der Waals surface area (Å²) in [5, 5.41) is 5.89. The molecule has 0 atom stereocenters. The van der Waals surface area contributed by atoms with Crippen molar-refractivity contribution in [2.45, 2.75) is 26.2 Å². The van der Waals surface area contributed by atoms with Crippen molar-refractivity contribution >= 4 is 17.6 Å². The molecule has 0 radical (unpaired) electrons. The number of nitrogens with one attached hydrogen (secondary N) is 2. The fourth-order valence-corrected chi connectivity index (χ4v) is 2.93. The number of piperidine rings is 1. The third-order valence-electron chi connectivity index (χ3n) is 4.56. The van der Waals surface area contributed by atoms with Crippen LogP contribution in [-0.2, 0) is 4.79 Å². The summed E-state index contributed by atoms with van der Waals surface area (Å²) in [6.07, 6.45) is 2.31. The van der Waals surface area contributed by atoms with Gasteiger partial charge in [0.2, 0.25) is 5.91 Å². The summed E-state index contributed by atoms with van der Waals surface area (Å²) in [5.41, 5.74) is 1.99. The zero-order valence-corrected chi connectivity index (χ0v) is 15.5. The second-order valence-corrected chi connectivity index (χ2v) is 7.08. The Labute approximate surface area is 150 Å². The van der Waals surface area contributed by atoms with Crippen LogP contribution in [0.25, 0.3) is 0 Å². The minimum absolute atomic E-state index is 0.0577. The Hall–Kier alpha value is -2.08. The van der Waals surface area contributed by atoms with Crippen molar-refractivity contribution in [1.29, 1.82) is 0 Å². The first kappa shape index (κ1) is 19.2. The van der Waals surface area contributed by atoms with E-state index in [2.05, 4.69) is 10.6 Å². The highest BCUT2D eigenvalue weighted by Gasteiger charge is 2.24. The molecular formula is C19H30N4O2. The first-order chi connectivity index (χ1) is 11.9. The van der Waals surface area contributed by atoms with Crippen LogP contribution in [0.2, 0.25) is 0 Å². The Kier molecular flexibility index (Phi) is 7.25. The Morgan fingerprint density at radius 2 is 1.80 bits per heavy atom. The van der Waals surface area contributed by atoms with Gasteiger partial charge >= 0.3 is 6.03 Å². The molecule has 6 heteroatoms. The minimum Gasteiger partial charge on any atom is -0.355 e. The molecule has 2 N–H and O–H groups in total. The lowest BCUT2D eigenvalue weighted by Gasteiger charge is -2.31. The van der Waals surface area contributed by atoms with Crippen molar-refractivity contribution in [3.63, 3.8) is 0 Å². The molecule has 0 aliphatic carbocycles. The number of amides is 3. The maximum absolute atomic E-state index is 12.3. The van der Waals surface area contributed by atoms with E-state index in [-0.39, 0.29) is 11.9 Å². The van der Waals surface area contributed by atoms with Gasteiger partial charge in [-0.05, 0) is 51.9 Å². The standard InChI is InChI=1S/C19H30N4O2/c1-15-4-6-17(7-5-15)21-19(25)23-11-8-16(9-12-23)14-18(24)20-10-13-22(2)3/h4-7,16H,8-14H2,1-3H3,(H,20,24)(H,21,25). The van der Waals surface area contributed by atoms with E-state index in [1.807, 2.05) is 55.1 Å². The van der Waals surface area contributed by atoms with Crippen LogP contribution in [0, 0.1) is 12.8 Å². The number of benzene rings is 1. The number of anilines is 1. The van der Waals surface area contributed by atoms with Crippen molar-refractivity contribution in [2.24, 2.45) is 5.92 Å². The molecule has 1 saturated heterocycles. The van der Waals surface area contributed by atoms with Gasteiger partial charge in [0.05, 0.1) is 0 Å². The van der Waals surface area contributed by atoms with Gasteiger partial charge in [0.1, 0.15) is 0 Å². The summed E-state index contributed by atoms with van der Waals surface area (Å²) in [5.74, 6) is 0.479. The number of hydrogen-bond acceptors (Lipinski definition) is 3. The number of urea groups is 1. The molecule has 0 saturated carbocycles. The van der Waals surface area contributed by atoms with E-state index in [0.29, 0.717) is 32.0 Å². The van der Waals surface area contributed by atoms with Gasteiger partial charge in [-0.1, -0.05) is 17.7 Å². The lowest BCUT2D eigenvalue weighted by atomic mass is 9.93. The summed E-state index contributed by atoms with van der Waals surface area (Å²) in [7, 11) is 3.98. The number of carbonyl (C=O) groups excluding carboxylic acids is 2. The van der Waals surface area contributed by atoms with Gasteiger partial charge in [-0.25, -0.2) is 4.79 Å². The SMILES string of the molecule is Cc1ccc(NC(=O)N2CCC(CC(=O)NCCN(C)C)CC2)cc1. The van der Waals surface area contributed by atoms with Gasteiger partial charge in [0.25, 0.3) is 0 Å². The van der Waals surface area contributed by atoms with Crippen LogP contribution >= 0.6 is 0 Å². The average molecular weight is 346 g/mol. The van der Waals surface area contributed by atoms with E-state index in [1.54, 1.807) is 0 Å². The van der Waals surface area contributed by atoms with Crippen molar-refractivity contribution in [1.82, 2.24) is 15.1 Å². The van der Waals surface area contributed by atoms with Crippen molar-refractivity contribution in [3.05, 3.63) is 29.8 Å². The minimum atomic E-state index is -0.0577. The molecule has 1 heterocycles. The molecule has 1 aromatic carbocycles. The summed E-state index contributed by atoms with van der Waals surface area (Å²) in [6, 6.07) is 7.74. The van der Waals surface area contributed by atoms with Gasteiger partial charge in [-0.2, -0.15) is 0 Å². The van der Waals surface area contributed by atoms with Gasteiger partial charge < -0.3 is 20.4 Å². The lowest BCUT2D eigenvalue weighted by Crippen LogP contribution is -2.42. The van der Waals surface area contributed by atoms with E-state index in [4.69, 9.17) is 0 Å². The maximum Gasteiger partial charge on any atom is 0.321 e. The van der Waals surface area contributed by atoms with Crippen LogP contribution in [-0.4, -0.2) is 62.0 Å². The maximum atomic E-state index is 12.3. The molecule has 0 spiro atoms. The monoisotopic (exact) mass is 346 g/mol. The number of likely N-dealkylation sites (N-methyl/N-ethyl adjacent to an activating group) is 1. The van der Waals surface area contributed by atoms with E-state index >= 15 is 0 Å². The fraction of sp³-hybridized carbons (Fsp3) is 0.579. The summed E-state index contributed by atoms with van der Waals surface area (Å²) >= 11 is 0. The Morgan fingerprint density at radius 3 is 2.40 bits per heavy atom. The highest BCUT2D eigenvalue weighted by molar-refractivity contribution is 5.89. The summed E-state index contributed by atoms with van der Waals surface area (Å²) in [4.78, 5) is 28.2. The molecule has 6 nitrogen and oxygen atoms in total. The van der Waals surface area contributed by atoms with Crippen LogP contribution in [0.1, 0.15) is 24.8 Å². The Balaban J connectivity index is 1.69. The number of hydrogen-bond donors (Lipinski definition) is 2. The second kappa shape index (κ2) is 9.42. The molecule has 1 aliphatic heterocycles. The second-order valence-electron chi connectivity index (χ2n) is 7.08. The zero-order chi connectivity index (χ0) is 18.2. The quantitative estimate of drug-likeness (QED) is 0.831. The first-order valence-electron chi connectivity index (χ1n) is 8.98. The van der Waals surface area contributed by atoms with Gasteiger partial charge in [0.15, 0.2) is 0 Å². The number of rotatable bonds is 6. The van der Waals surface area contributed by atoms with Crippen LogP contribution in [0.5, 0.6) is 0 Å². The topological polar surface area (TPSA) is 64.7 Å². The molecule has 0 unspecified atom stereocenters. The van der Waals surface area contributed by atoms with Crippen molar-refractivity contribution in [2.75, 3.05) is 45.6 Å². The molecule has 138 valence electrons. The van der Waals surface area contributed by atoms with E-state index < -0.39 is 0 Å². The normalized spacial score (nSPS) is 15.3. The van der Waals surface area contributed by atoms with E-state index in [9.17, 15) is 9.59 Å². The van der Waals surface area contributed by atoms with Crippen LogP contribution < -0.4 is 10.6 Å². The molecule has 1 aromatic rings. The molecule has 2 rings (SSSR count). The molecule has 1 fully saturated rings. The molecule has 3 amide bonds. The number of carbonyl (C=O) groups is 2. The Bertz CT molecular complexity index is 563. The summed E-state index contributed by atoms with van der Waals surface area (Å²) < 4.78 is 0. The van der Waals surface area contributed by atoms with Gasteiger partial charge in [-0.15, -0.1) is 0 Å². The number of nitrogens with zero attached hydrogens (tertiary/aromatic N) is 2. The highest BCUT2D eigenvalue weighted by Crippen LogP contribution is 2.21. The molecule has 1 aliphatic rings. The lowest BCUT2D eigenvalue weighted by molar-refractivity contribution is -0.122. The fourth-order valence-electron chi connectivity index (χ4n) is 2.93. The van der Waals surface area contributed by atoms with Crippen LogP contribution in [0.4, 0.5) is 10.5 Å². The highest BCUT2D eigenvalue weighted by atomic mass is 16.2. The molecule has 0 bridgehead atoms. The van der Waals surface area contributed by atoms with E-state index in [0.717, 1.165) is 25.1 Å². The Morgan fingerprint density at radius 1 is 1.16 bits per heavy atom. The third kappa shape index (κ3) is 6.74. The predicted molar refractivity (Wildman–Crippen MR) is 101 cm³/mol. The van der Waals surface area contributed by atoms with Gasteiger partial charge in [-0.3, -0.25) is 4.79 Å². The number of likely N-dealkylation sites (tertiary alicyclic amines) is 1. The molecule has 0 aromatic heterocycles. The zero-order valence-electron chi connectivity index (χ0n) is 15.5. The van der Waals surface area contributed by atoms with Crippen LogP contribution in [0.3, 0.4) is 0 Å². The molecular weight excluding hydrogens is 316 g/mol. The van der Waals surface area contributed by atoms with Crippen LogP contribution in [0.15, 0.2) is 24.3 Å².